The molecule has 1 amide bonds. The molecule has 0 saturated carbocycles. The van der Waals surface area contributed by atoms with E-state index in [9.17, 15) is 4.79 Å². The number of nitrogens with two attached hydrogens (primary N) is 1. The molecule has 1 aromatic heterocycles. The van der Waals surface area contributed by atoms with E-state index < -0.39 is 5.60 Å². The molecule has 0 unspecified atom stereocenters. The van der Waals surface area contributed by atoms with Crippen LogP contribution in [0.25, 0.3) is 0 Å². The summed E-state index contributed by atoms with van der Waals surface area (Å²) in [5, 5.41) is 0. The van der Waals surface area contributed by atoms with Gasteiger partial charge in [-0.15, -0.1) is 0 Å². The van der Waals surface area contributed by atoms with Gasteiger partial charge in [-0.3, -0.25) is 0 Å². The van der Waals surface area contributed by atoms with Gasteiger partial charge >= 0.3 is 6.09 Å². The highest BCUT2D eigenvalue weighted by Gasteiger charge is 2.25. The number of piperazine rings is 1. The summed E-state index contributed by atoms with van der Waals surface area (Å²) < 4.78 is 29.0. The van der Waals surface area contributed by atoms with Crippen molar-refractivity contribution >= 4 is 17.6 Å². The lowest BCUT2D eigenvalue weighted by atomic mass is 10.2. The van der Waals surface area contributed by atoms with Crippen molar-refractivity contribution in [2.45, 2.75) is 26.4 Å². The molecule has 20 heavy (non-hydrogen) atoms. The number of carbonyl (C=O) groups is 1. The number of aromatic nitrogens is 1. The fraction of sp³-hybridized carbons (Fsp3) is 0.571. The minimum absolute atomic E-state index is 0.104. The van der Waals surface area contributed by atoms with E-state index in [1.807, 2.05) is 20.8 Å². The fourth-order valence-electron chi connectivity index (χ4n) is 1.88. The Hall–Kier alpha value is -1.98. The van der Waals surface area contributed by atoms with Gasteiger partial charge in [0.25, 0.3) is 0 Å². The summed E-state index contributed by atoms with van der Waals surface area (Å²) in [6.45, 7) is 7.18. The lowest BCUT2D eigenvalue weighted by molar-refractivity contribution is 0.0240. The predicted molar refractivity (Wildman–Crippen MR) is 78.7 cm³/mol. The number of amides is 1. The maximum atomic E-state index is 12.0. The average Bonchev–Trinajstić information content (AvgIpc) is 2.44. The molecular formula is C14H22N4O2. The van der Waals surface area contributed by atoms with Gasteiger partial charge in [0.05, 0.1) is 16.0 Å². The van der Waals surface area contributed by atoms with Crippen LogP contribution in [0.3, 0.4) is 0 Å². The molecule has 1 fully saturated rings. The third kappa shape index (κ3) is 3.76. The van der Waals surface area contributed by atoms with Gasteiger partial charge in [-0.25, -0.2) is 9.78 Å². The predicted octanol–water partition coefficient (Wildman–Crippen LogP) is 1.72. The van der Waals surface area contributed by atoms with Gasteiger partial charge in [0.15, 0.2) is 0 Å². The van der Waals surface area contributed by atoms with Crippen LogP contribution in [0.5, 0.6) is 0 Å². The van der Waals surface area contributed by atoms with Crippen molar-refractivity contribution in [1.29, 1.82) is 0 Å². The number of rotatable bonds is 1. The molecule has 0 aromatic carbocycles. The Bertz CT molecular complexity index is 611. The highest BCUT2D eigenvalue weighted by Crippen LogP contribution is 2.17. The van der Waals surface area contributed by atoms with E-state index in [4.69, 9.17) is 14.6 Å². The zero-order chi connectivity index (χ0) is 17.4. The van der Waals surface area contributed by atoms with Gasteiger partial charge in [0.1, 0.15) is 11.4 Å². The minimum atomic E-state index is -0.544. The Morgan fingerprint density at radius 2 is 2.00 bits per heavy atom. The van der Waals surface area contributed by atoms with Crippen molar-refractivity contribution < 1.29 is 13.6 Å². The largest absolute Gasteiger partial charge is 0.444 e. The number of hydrogen-bond donors (Lipinski definition) is 1. The van der Waals surface area contributed by atoms with Gasteiger partial charge in [0, 0.05) is 26.2 Å². The van der Waals surface area contributed by atoms with Crippen molar-refractivity contribution in [1.82, 2.24) is 9.88 Å². The maximum Gasteiger partial charge on any atom is 0.410 e. The molecule has 2 rings (SSSR count). The normalized spacial score (nSPS) is 18.2. The number of ether oxygens (including phenoxy) is 1. The van der Waals surface area contributed by atoms with Gasteiger partial charge in [-0.1, -0.05) is 0 Å². The van der Waals surface area contributed by atoms with Gasteiger partial charge < -0.3 is 20.3 Å². The zero-order valence-electron chi connectivity index (χ0n) is 15.1. The molecular weight excluding hydrogens is 256 g/mol. The second-order valence-corrected chi connectivity index (χ2v) is 5.66. The maximum absolute atomic E-state index is 12.0. The van der Waals surface area contributed by atoms with Crippen LogP contribution in [0.4, 0.5) is 16.3 Å². The molecule has 2 N–H and O–H groups in total. The van der Waals surface area contributed by atoms with Gasteiger partial charge in [-0.2, -0.15) is 0 Å². The molecule has 1 aliphatic rings. The fourth-order valence-corrected chi connectivity index (χ4v) is 1.88. The van der Waals surface area contributed by atoms with E-state index in [0.717, 1.165) is 0 Å². The van der Waals surface area contributed by atoms with Crippen LogP contribution < -0.4 is 10.6 Å². The molecule has 6 nitrogen and oxygen atoms in total. The molecule has 0 atom stereocenters. The molecule has 1 aliphatic heterocycles. The van der Waals surface area contributed by atoms with Crippen molar-refractivity contribution in [3.05, 3.63) is 18.3 Å². The molecule has 0 radical (unpaired) electrons. The number of nitrogens with zero attached hydrogens (tertiary/aromatic N) is 3. The quantitative estimate of drug-likeness (QED) is 0.848. The smallest absolute Gasteiger partial charge is 0.410 e. The average molecular weight is 281 g/mol. The van der Waals surface area contributed by atoms with Crippen LogP contribution in [0.15, 0.2) is 18.3 Å². The molecule has 0 bridgehead atoms. The lowest BCUT2D eigenvalue weighted by Gasteiger charge is -2.36. The third-order valence-electron chi connectivity index (χ3n) is 2.84. The Morgan fingerprint density at radius 1 is 1.35 bits per heavy atom. The molecule has 1 aromatic rings. The lowest BCUT2D eigenvalue weighted by Crippen LogP contribution is -2.50. The summed E-state index contributed by atoms with van der Waals surface area (Å²) in [5.41, 5.74) is 5.26. The molecule has 110 valence electrons. The van der Waals surface area contributed by atoms with Crippen molar-refractivity contribution in [2.24, 2.45) is 0 Å². The highest BCUT2D eigenvalue weighted by atomic mass is 16.6. The van der Waals surface area contributed by atoms with Crippen molar-refractivity contribution in [3.8, 4) is 0 Å². The van der Waals surface area contributed by atoms with Gasteiger partial charge in [0.2, 0.25) is 0 Å². The molecule has 1 saturated heterocycles. The van der Waals surface area contributed by atoms with Crippen LogP contribution in [-0.4, -0.2) is 47.8 Å². The monoisotopic (exact) mass is 281 g/mol. The van der Waals surface area contributed by atoms with E-state index in [2.05, 4.69) is 4.98 Å². The minimum Gasteiger partial charge on any atom is -0.444 e. The third-order valence-corrected chi connectivity index (χ3v) is 2.84. The Balaban J connectivity index is 2.08. The number of pyridine rings is 1. The van der Waals surface area contributed by atoms with E-state index >= 15 is 0 Å². The molecule has 6 heteroatoms. The van der Waals surface area contributed by atoms with Gasteiger partial charge in [-0.05, 0) is 32.9 Å². The first-order chi connectivity index (χ1) is 10.6. The second kappa shape index (κ2) is 5.56. The molecule has 2 heterocycles. The Kier molecular flexibility index (Phi) is 2.99. The first kappa shape index (κ1) is 10.8. The van der Waals surface area contributed by atoms with E-state index in [1.165, 1.54) is 0 Å². The number of anilines is 2. The zero-order valence-corrected chi connectivity index (χ0v) is 12.1. The van der Waals surface area contributed by atoms with E-state index in [1.54, 1.807) is 9.80 Å². The summed E-state index contributed by atoms with van der Waals surface area (Å²) in [6, 6.07) is -0.279. The molecule has 0 aliphatic carbocycles. The van der Waals surface area contributed by atoms with E-state index in [-0.39, 0.29) is 35.9 Å². The number of carbonyl (C=O) groups excluding carboxylic acids is 1. The van der Waals surface area contributed by atoms with Crippen molar-refractivity contribution in [2.75, 3.05) is 36.8 Å². The summed E-state index contributed by atoms with van der Waals surface area (Å²) in [4.78, 5) is 19.2. The van der Waals surface area contributed by atoms with Crippen molar-refractivity contribution in [3.63, 3.8) is 0 Å². The van der Waals surface area contributed by atoms with Crippen LogP contribution in [0.1, 0.15) is 24.9 Å². The standard InChI is InChI=1S/C14H22N4O2/c1-14(2,3)20-13(19)18-8-6-17(7-9-18)11-4-5-12(15)16-10-11/h4-5,10H,6-9H2,1-3H3,(H2,15,16)/i4D,5D,10D. The summed E-state index contributed by atoms with van der Waals surface area (Å²) in [6.07, 6.45) is -0.486. The Labute approximate surface area is 123 Å². The van der Waals surface area contributed by atoms with Crippen LogP contribution >= 0.6 is 0 Å². The number of nitrogen functional groups attached to an aromatic ring is 1. The topological polar surface area (TPSA) is 71.7 Å². The van der Waals surface area contributed by atoms with Crippen LogP contribution in [0, 0.1) is 0 Å². The second-order valence-electron chi connectivity index (χ2n) is 5.66. The number of hydrogen-bond acceptors (Lipinski definition) is 5. The summed E-state index contributed by atoms with van der Waals surface area (Å²) in [5.74, 6) is -0.115. The SMILES string of the molecule is [2H]c1nc(N)c([2H])c([2H])c1N1CCN(C(=O)OC(C)(C)C)CC1. The Morgan fingerprint density at radius 3 is 2.60 bits per heavy atom. The summed E-state index contributed by atoms with van der Waals surface area (Å²) >= 11 is 0. The van der Waals surface area contributed by atoms with Crippen LogP contribution in [-0.2, 0) is 4.74 Å². The first-order valence-electron chi connectivity index (χ1n) is 8.06. The molecule has 0 spiro atoms. The summed E-state index contributed by atoms with van der Waals surface area (Å²) in [7, 11) is 0. The first-order valence-corrected chi connectivity index (χ1v) is 6.56. The van der Waals surface area contributed by atoms with Crippen LogP contribution in [0.2, 0.25) is 0 Å². The van der Waals surface area contributed by atoms with E-state index in [0.29, 0.717) is 26.2 Å². The highest BCUT2D eigenvalue weighted by molar-refractivity contribution is 5.68.